The standard InChI is InChI=1S/C7H4BrClFI/c1-3-2-4(8)5(9)7(11)6(3)10/h2H,1H3. The summed E-state index contributed by atoms with van der Waals surface area (Å²) in [6.45, 7) is 1.71. The van der Waals surface area contributed by atoms with Crippen molar-refractivity contribution < 1.29 is 4.39 Å². The van der Waals surface area contributed by atoms with Crippen LogP contribution >= 0.6 is 50.1 Å². The average Bonchev–Trinajstić information content (AvgIpc) is 1.97. The maximum Gasteiger partial charge on any atom is 0.141 e. The van der Waals surface area contributed by atoms with E-state index in [-0.39, 0.29) is 5.82 Å². The van der Waals surface area contributed by atoms with Gasteiger partial charge in [0.05, 0.1) is 8.59 Å². The minimum Gasteiger partial charge on any atom is -0.205 e. The lowest BCUT2D eigenvalue weighted by molar-refractivity contribution is 0.610. The summed E-state index contributed by atoms with van der Waals surface area (Å²) >= 11 is 10.9. The second-order valence-electron chi connectivity index (χ2n) is 2.12. The lowest BCUT2D eigenvalue weighted by Gasteiger charge is -2.03. The van der Waals surface area contributed by atoms with Crippen LogP contribution in [0.15, 0.2) is 10.5 Å². The molecule has 0 radical (unpaired) electrons. The highest BCUT2D eigenvalue weighted by molar-refractivity contribution is 14.1. The molecule has 0 spiro atoms. The van der Waals surface area contributed by atoms with Crippen LogP contribution in [-0.4, -0.2) is 0 Å². The van der Waals surface area contributed by atoms with Gasteiger partial charge in [0, 0.05) is 4.47 Å². The first-order valence-electron chi connectivity index (χ1n) is 2.83. The van der Waals surface area contributed by atoms with Crippen molar-refractivity contribution in [2.75, 3.05) is 0 Å². The number of hydrogen-bond acceptors (Lipinski definition) is 0. The lowest BCUT2D eigenvalue weighted by atomic mass is 10.2. The largest absolute Gasteiger partial charge is 0.205 e. The Morgan fingerprint density at radius 1 is 1.64 bits per heavy atom. The first kappa shape index (κ1) is 9.74. The zero-order valence-electron chi connectivity index (χ0n) is 5.59. The van der Waals surface area contributed by atoms with Gasteiger partial charge in [-0.3, -0.25) is 0 Å². The smallest absolute Gasteiger partial charge is 0.141 e. The van der Waals surface area contributed by atoms with Crippen molar-refractivity contribution in [3.05, 3.63) is 30.5 Å². The molecule has 0 aliphatic carbocycles. The number of aryl methyl sites for hydroxylation is 1. The van der Waals surface area contributed by atoms with Crippen LogP contribution < -0.4 is 0 Å². The van der Waals surface area contributed by atoms with Crippen LogP contribution in [0.25, 0.3) is 0 Å². The van der Waals surface area contributed by atoms with E-state index >= 15 is 0 Å². The molecule has 0 fully saturated rings. The van der Waals surface area contributed by atoms with Crippen LogP contribution in [0, 0.1) is 16.3 Å². The molecule has 0 aliphatic rings. The fourth-order valence-electron chi connectivity index (χ4n) is 0.691. The van der Waals surface area contributed by atoms with Crippen LogP contribution in [0.3, 0.4) is 0 Å². The normalized spacial score (nSPS) is 10.3. The van der Waals surface area contributed by atoms with Crippen molar-refractivity contribution >= 4 is 50.1 Å². The van der Waals surface area contributed by atoms with Gasteiger partial charge < -0.3 is 0 Å². The highest BCUT2D eigenvalue weighted by Gasteiger charge is 2.10. The Kier molecular flexibility index (Phi) is 3.17. The minimum atomic E-state index is -0.237. The lowest BCUT2D eigenvalue weighted by Crippen LogP contribution is -1.89. The van der Waals surface area contributed by atoms with Gasteiger partial charge in [-0.05, 0) is 57.1 Å². The van der Waals surface area contributed by atoms with Gasteiger partial charge in [-0.2, -0.15) is 0 Å². The van der Waals surface area contributed by atoms with E-state index in [0.29, 0.717) is 14.2 Å². The Morgan fingerprint density at radius 2 is 2.18 bits per heavy atom. The Morgan fingerprint density at radius 3 is 2.73 bits per heavy atom. The molecule has 0 saturated carbocycles. The van der Waals surface area contributed by atoms with Crippen LogP contribution in [-0.2, 0) is 0 Å². The van der Waals surface area contributed by atoms with Crippen molar-refractivity contribution in [3.63, 3.8) is 0 Å². The molecule has 0 bridgehead atoms. The maximum absolute atomic E-state index is 13.1. The van der Waals surface area contributed by atoms with Crippen molar-refractivity contribution in [3.8, 4) is 0 Å². The SMILES string of the molecule is Cc1cc(Br)c(Cl)c(I)c1F. The summed E-state index contributed by atoms with van der Waals surface area (Å²) in [7, 11) is 0. The third-order valence-electron chi connectivity index (χ3n) is 1.28. The Hall–Kier alpha value is 0.650. The van der Waals surface area contributed by atoms with Crippen molar-refractivity contribution in [2.24, 2.45) is 0 Å². The maximum atomic E-state index is 13.1. The molecule has 1 rings (SSSR count). The van der Waals surface area contributed by atoms with Crippen molar-refractivity contribution in [1.82, 2.24) is 0 Å². The van der Waals surface area contributed by atoms with Crippen LogP contribution in [0.4, 0.5) is 4.39 Å². The molecule has 0 heterocycles. The summed E-state index contributed by atoms with van der Waals surface area (Å²) < 4.78 is 14.3. The molecule has 0 unspecified atom stereocenters. The Bertz CT molecular complexity index is 275. The average molecular weight is 349 g/mol. The zero-order valence-corrected chi connectivity index (χ0v) is 10.1. The molecule has 0 atom stereocenters. The van der Waals surface area contributed by atoms with Crippen molar-refractivity contribution in [2.45, 2.75) is 6.92 Å². The highest BCUT2D eigenvalue weighted by atomic mass is 127. The fraction of sp³-hybridized carbons (Fsp3) is 0.143. The van der Waals surface area contributed by atoms with Gasteiger partial charge in [-0.15, -0.1) is 0 Å². The summed E-state index contributed by atoms with van der Waals surface area (Å²) in [5, 5.41) is 0.439. The first-order chi connectivity index (χ1) is 5.04. The monoisotopic (exact) mass is 348 g/mol. The molecule has 1 aromatic rings. The summed E-state index contributed by atoms with van der Waals surface area (Å²) in [5.41, 5.74) is 0.602. The minimum absolute atomic E-state index is 0.237. The van der Waals surface area contributed by atoms with E-state index in [1.54, 1.807) is 13.0 Å². The molecule has 0 amide bonds. The second-order valence-corrected chi connectivity index (χ2v) is 4.43. The van der Waals surface area contributed by atoms with E-state index in [9.17, 15) is 4.39 Å². The Balaban J connectivity index is 3.46. The molecular formula is C7H4BrClFI. The van der Waals surface area contributed by atoms with E-state index in [4.69, 9.17) is 11.6 Å². The predicted molar refractivity (Wildman–Crippen MR) is 56.6 cm³/mol. The van der Waals surface area contributed by atoms with Gasteiger partial charge in [0.15, 0.2) is 0 Å². The third-order valence-corrected chi connectivity index (χ3v) is 3.86. The van der Waals surface area contributed by atoms with Gasteiger partial charge in [0.25, 0.3) is 0 Å². The molecule has 0 nitrogen and oxygen atoms in total. The molecule has 0 saturated heterocycles. The van der Waals surface area contributed by atoms with E-state index in [1.807, 2.05) is 22.6 Å². The van der Waals surface area contributed by atoms with Crippen LogP contribution in [0.2, 0.25) is 5.02 Å². The summed E-state index contributed by atoms with van der Waals surface area (Å²) in [5.74, 6) is -0.237. The zero-order chi connectivity index (χ0) is 8.59. The molecule has 0 N–H and O–H groups in total. The van der Waals surface area contributed by atoms with E-state index in [0.717, 1.165) is 4.47 Å². The summed E-state index contributed by atoms with van der Waals surface area (Å²) in [4.78, 5) is 0. The molecule has 1 aromatic carbocycles. The summed E-state index contributed by atoms with van der Waals surface area (Å²) in [6.07, 6.45) is 0. The predicted octanol–water partition coefficient (Wildman–Crippen LogP) is 4.15. The Labute approximate surface area is 91.4 Å². The highest BCUT2D eigenvalue weighted by Crippen LogP contribution is 2.31. The van der Waals surface area contributed by atoms with Crippen molar-refractivity contribution in [1.29, 1.82) is 0 Å². The van der Waals surface area contributed by atoms with Crippen LogP contribution in [0.5, 0.6) is 0 Å². The third kappa shape index (κ3) is 1.87. The second kappa shape index (κ2) is 3.58. The molecule has 0 aromatic heterocycles. The summed E-state index contributed by atoms with van der Waals surface area (Å²) in [6, 6.07) is 1.67. The first-order valence-corrected chi connectivity index (χ1v) is 5.08. The van der Waals surface area contributed by atoms with Crippen LogP contribution in [0.1, 0.15) is 5.56 Å². The number of rotatable bonds is 0. The van der Waals surface area contributed by atoms with Gasteiger partial charge in [-0.25, -0.2) is 4.39 Å². The van der Waals surface area contributed by atoms with Gasteiger partial charge >= 0.3 is 0 Å². The fourth-order valence-corrected chi connectivity index (χ4v) is 2.46. The number of hydrogen-bond donors (Lipinski definition) is 0. The van der Waals surface area contributed by atoms with E-state index < -0.39 is 0 Å². The van der Waals surface area contributed by atoms with Gasteiger partial charge in [0.1, 0.15) is 5.82 Å². The molecule has 4 heteroatoms. The number of halogens is 4. The van der Waals surface area contributed by atoms with Gasteiger partial charge in [0.2, 0.25) is 0 Å². The molecule has 0 aliphatic heterocycles. The van der Waals surface area contributed by atoms with E-state index in [2.05, 4.69) is 15.9 Å². The van der Waals surface area contributed by atoms with Gasteiger partial charge in [-0.1, -0.05) is 11.6 Å². The topological polar surface area (TPSA) is 0 Å². The quantitative estimate of drug-likeness (QED) is 0.375. The number of benzene rings is 1. The molecule has 60 valence electrons. The van der Waals surface area contributed by atoms with E-state index in [1.165, 1.54) is 0 Å². The molecular weight excluding hydrogens is 345 g/mol. The molecule has 11 heavy (non-hydrogen) atoms.